The highest BCUT2D eigenvalue weighted by atomic mass is 16.4. The fourth-order valence-electron chi connectivity index (χ4n) is 2.01. The van der Waals surface area contributed by atoms with Crippen molar-refractivity contribution in [1.29, 1.82) is 0 Å². The molecule has 0 saturated heterocycles. The first-order valence-corrected chi connectivity index (χ1v) is 5.88. The molecule has 92 valence electrons. The van der Waals surface area contributed by atoms with Gasteiger partial charge in [0.2, 0.25) is 0 Å². The average Bonchev–Trinajstić information content (AvgIpc) is 2.61. The number of rotatable bonds is 4. The van der Waals surface area contributed by atoms with E-state index < -0.39 is 0 Å². The van der Waals surface area contributed by atoms with E-state index in [0.717, 1.165) is 23.9 Å². The van der Waals surface area contributed by atoms with E-state index in [2.05, 4.69) is 0 Å². The number of aliphatic hydroxyl groups is 1. The Labute approximate surface area is 99.5 Å². The van der Waals surface area contributed by atoms with E-state index in [1.165, 1.54) is 0 Å². The molecular weight excluding hydrogens is 218 g/mol. The van der Waals surface area contributed by atoms with Crippen LogP contribution in [0.4, 0.5) is 0 Å². The normalized spacial score (nSPS) is 11.5. The molecule has 0 bridgehead atoms. The van der Waals surface area contributed by atoms with Crippen molar-refractivity contribution in [3.8, 4) is 0 Å². The lowest BCUT2D eigenvalue weighted by molar-refractivity contribution is 0.288. The maximum absolute atomic E-state index is 11.7. The van der Waals surface area contributed by atoms with Gasteiger partial charge in [0.15, 0.2) is 5.58 Å². The highest BCUT2D eigenvalue weighted by Gasteiger charge is 2.12. The molecule has 1 N–H and O–H groups in total. The summed E-state index contributed by atoms with van der Waals surface area (Å²) in [5.74, 6) is -0.311. The minimum atomic E-state index is -0.311. The second-order valence-corrected chi connectivity index (χ2v) is 4.46. The fraction of sp³-hybridized carbons (Fsp3) is 0.462. The van der Waals surface area contributed by atoms with E-state index in [9.17, 15) is 4.79 Å². The molecule has 4 heteroatoms. The molecule has 0 aliphatic carbocycles. The predicted octanol–water partition coefficient (Wildman–Crippen LogP) is 2.10. The van der Waals surface area contributed by atoms with Gasteiger partial charge < -0.3 is 9.52 Å². The highest BCUT2D eigenvalue weighted by Crippen LogP contribution is 2.19. The van der Waals surface area contributed by atoms with Crippen LogP contribution in [0.5, 0.6) is 0 Å². The number of aliphatic hydroxyl groups excluding tert-OH is 1. The van der Waals surface area contributed by atoms with E-state index in [-0.39, 0.29) is 18.4 Å². The molecule has 0 fully saturated rings. The molecule has 0 atom stereocenters. The van der Waals surface area contributed by atoms with Crippen molar-refractivity contribution in [3.63, 3.8) is 0 Å². The van der Waals surface area contributed by atoms with Crippen LogP contribution in [0.1, 0.15) is 31.9 Å². The standard InChI is InChI=1S/C13H17NO3/c1-9(2)14-11-8-10(4-3-7-15)5-6-12(11)17-13(14)16/h5-6,8-9,15H,3-4,7H2,1-2H3. The minimum Gasteiger partial charge on any atom is -0.408 e. The van der Waals surface area contributed by atoms with Crippen molar-refractivity contribution < 1.29 is 9.52 Å². The van der Waals surface area contributed by atoms with Gasteiger partial charge in [-0.15, -0.1) is 0 Å². The largest absolute Gasteiger partial charge is 0.420 e. The summed E-state index contributed by atoms with van der Waals surface area (Å²) in [6, 6.07) is 5.81. The molecule has 4 nitrogen and oxygen atoms in total. The third kappa shape index (κ3) is 2.26. The first kappa shape index (κ1) is 11.9. The van der Waals surface area contributed by atoms with Crippen LogP contribution in [-0.4, -0.2) is 16.3 Å². The Morgan fingerprint density at radius 3 is 2.82 bits per heavy atom. The van der Waals surface area contributed by atoms with Crippen LogP contribution < -0.4 is 5.76 Å². The number of nitrogens with zero attached hydrogens (tertiary/aromatic N) is 1. The molecule has 1 aromatic heterocycles. The Morgan fingerprint density at radius 1 is 1.41 bits per heavy atom. The average molecular weight is 235 g/mol. The number of benzene rings is 1. The van der Waals surface area contributed by atoms with Gasteiger partial charge in [-0.25, -0.2) is 4.79 Å². The van der Waals surface area contributed by atoms with Crippen LogP contribution >= 0.6 is 0 Å². The Bertz CT molecular complexity index is 566. The van der Waals surface area contributed by atoms with E-state index in [1.54, 1.807) is 4.57 Å². The summed E-state index contributed by atoms with van der Waals surface area (Å²) >= 11 is 0. The molecular formula is C13H17NO3. The molecule has 0 aliphatic heterocycles. The SMILES string of the molecule is CC(C)n1c(=O)oc2ccc(CCCO)cc21. The van der Waals surface area contributed by atoms with Crippen LogP contribution in [0.3, 0.4) is 0 Å². The molecule has 0 spiro atoms. The summed E-state index contributed by atoms with van der Waals surface area (Å²) in [4.78, 5) is 11.7. The Balaban J connectivity index is 2.51. The Kier molecular flexibility index (Phi) is 3.33. The van der Waals surface area contributed by atoms with Gasteiger partial charge in [-0.2, -0.15) is 0 Å². The minimum absolute atomic E-state index is 0.0804. The van der Waals surface area contributed by atoms with Crippen LogP contribution in [0.15, 0.2) is 27.4 Å². The maximum Gasteiger partial charge on any atom is 0.420 e. The summed E-state index contributed by atoms with van der Waals surface area (Å²) in [5, 5.41) is 8.81. The molecule has 0 amide bonds. The van der Waals surface area contributed by atoms with Gasteiger partial charge in [-0.05, 0) is 44.4 Å². The molecule has 0 unspecified atom stereocenters. The monoisotopic (exact) mass is 235 g/mol. The third-order valence-electron chi connectivity index (χ3n) is 2.82. The van der Waals surface area contributed by atoms with Crippen molar-refractivity contribution in [3.05, 3.63) is 34.3 Å². The molecule has 0 saturated carbocycles. The lowest BCUT2D eigenvalue weighted by Gasteiger charge is -2.06. The number of hydrogen-bond donors (Lipinski definition) is 1. The molecule has 1 aromatic carbocycles. The van der Waals surface area contributed by atoms with Gasteiger partial charge in [-0.3, -0.25) is 4.57 Å². The van der Waals surface area contributed by atoms with Crippen LogP contribution in [-0.2, 0) is 6.42 Å². The van der Waals surface area contributed by atoms with Gasteiger partial charge in [0, 0.05) is 12.6 Å². The van der Waals surface area contributed by atoms with Gasteiger partial charge in [-0.1, -0.05) is 6.07 Å². The second-order valence-electron chi connectivity index (χ2n) is 4.46. The van der Waals surface area contributed by atoms with E-state index in [4.69, 9.17) is 9.52 Å². The summed E-state index contributed by atoms with van der Waals surface area (Å²) in [6.45, 7) is 4.09. The van der Waals surface area contributed by atoms with Gasteiger partial charge in [0.25, 0.3) is 0 Å². The van der Waals surface area contributed by atoms with Crippen molar-refractivity contribution in [2.45, 2.75) is 32.7 Å². The van der Waals surface area contributed by atoms with Crippen molar-refractivity contribution in [2.24, 2.45) is 0 Å². The summed E-state index contributed by atoms with van der Waals surface area (Å²) in [5.41, 5.74) is 2.57. The quantitative estimate of drug-likeness (QED) is 0.883. The number of fused-ring (bicyclic) bond motifs is 1. The van der Waals surface area contributed by atoms with Crippen LogP contribution in [0.2, 0.25) is 0 Å². The van der Waals surface area contributed by atoms with E-state index in [1.807, 2.05) is 32.0 Å². The summed E-state index contributed by atoms with van der Waals surface area (Å²) < 4.78 is 6.83. The predicted molar refractivity (Wildman–Crippen MR) is 66.3 cm³/mol. The number of hydrogen-bond acceptors (Lipinski definition) is 3. The number of aromatic nitrogens is 1. The summed E-state index contributed by atoms with van der Waals surface area (Å²) in [6.07, 6.45) is 1.54. The lowest BCUT2D eigenvalue weighted by Crippen LogP contribution is -2.15. The molecule has 17 heavy (non-hydrogen) atoms. The Morgan fingerprint density at radius 2 is 2.18 bits per heavy atom. The zero-order valence-corrected chi connectivity index (χ0v) is 10.1. The van der Waals surface area contributed by atoms with E-state index >= 15 is 0 Å². The maximum atomic E-state index is 11.7. The fourth-order valence-corrected chi connectivity index (χ4v) is 2.01. The van der Waals surface area contributed by atoms with Gasteiger partial charge >= 0.3 is 5.76 Å². The lowest BCUT2D eigenvalue weighted by atomic mass is 10.1. The van der Waals surface area contributed by atoms with Gasteiger partial charge in [0.05, 0.1) is 5.52 Å². The first-order valence-electron chi connectivity index (χ1n) is 5.88. The zero-order valence-electron chi connectivity index (χ0n) is 10.1. The molecule has 0 aliphatic rings. The number of aryl methyl sites for hydroxylation is 1. The van der Waals surface area contributed by atoms with Crippen molar-refractivity contribution in [1.82, 2.24) is 4.57 Å². The smallest absolute Gasteiger partial charge is 0.408 e. The second kappa shape index (κ2) is 4.75. The molecule has 0 radical (unpaired) electrons. The van der Waals surface area contributed by atoms with Crippen molar-refractivity contribution in [2.75, 3.05) is 6.61 Å². The highest BCUT2D eigenvalue weighted by molar-refractivity contribution is 5.74. The van der Waals surface area contributed by atoms with Crippen LogP contribution in [0, 0.1) is 0 Å². The van der Waals surface area contributed by atoms with Crippen molar-refractivity contribution >= 4 is 11.1 Å². The number of oxazole rings is 1. The zero-order chi connectivity index (χ0) is 12.4. The molecule has 1 heterocycles. The molecule has 2 aromatic rings. The molecule has 2 rings (SSSR count). The van der Waals surface area contributed by atoms with Gasteiger partial charge in [0.1, 0.15) is 0 Å². The summed E-state index contributed by atoms with van der Waals surface area (Å²) in [7, 11) is 0. The third-order valence-corrected chi connectivity index (χ3v) is 2.82. The van der Waals surface area contributed by atoms with E-state index in [0.29, 0.717) is 5.58 Å². The topological polar surface area (TPSA) is 55.4 Å². The first-order chi connectivity index (χ1) is 8.13. The van der Waals surface area contributed by atoms with Crippen LogP contribution in [0.25, 0.3) is 11.1 Å². The Hall–Kier alpha value is -1.55.